The number of anilines is 2. The van der Waals surface area contributed by atoms with Crippen molar-refractivity contribution in [2.24, 2.45) is 11.8 Å². The number of carbonyl (C=O) groups excluding carboxylic acids is 2. The smallest absolute Gasteiger partial charge is 0.196 e. The van der Waals surface area contributed by atoms with E-state index >= 15 is 0 Å². The van der Waals surface area contributed by atoms with Crippen LogP contribution in [0.1, 0.15) is 77.4 Å². The fourth-order valence-corrected chi connectivity index (χ4v) is 5.79. The van der Waals surface area contributed by atoms with Gasteiger partial charge in [-0.05, 0) is 47.8 Å². The molecule has 0 aromatic heterocycles. The Labute approximate surface area is 165 Å². The lowest BCUT2D eigenvalue weighted by Gasteiger charge is -2.50. The Morgan fingerprint density at radius 3 is 2.50 bits per heavy atom. The van der Waals surface area contributed by atoms with Crippen molar-refractivity contribution in [3.05, 3.63) is 58.1 Å². The molecule has 0 bridgehead atoms. The van der Waals surface area contributed by atoms with Gasteiger partial charge in [-0.2, -0.15) is 0 Å². The van der Waals surface area contributed by atoms with Crippen LogP contribution in [0.4, 0.5) is 11.4 Å². The van der Waals surface area contributed by atoms with Crippen molar-refractivity contribution in [2.45, 2.75) is 51.5 Å². The summed E-state index contributed by atoms with van der Waals surface area (Å²) in [5.41, 5.74) is 10.2. The fourth-order valence-electron chi connectivity index (χ4n) is 5.79. The zero-order chi connectivity index (χ0) is 19.8. The van der Waals surface area contributed by atoms with Crippen molar-refractivity contribution in [3.8, 4) is 0 Å². The first-order chi connectivity index (χ1) is 13.3. The van der Waals surface area contributed by atoms with Gasteiger partial charge >= 0.3 is 0 Å². The molecule has 5 rings (SSSR count). The van der Waals surface area contributed by atoms with Gasteiger partial charge < -0.3 is 11.1 Å². The maximum Gasteiger partial charge on any atom is 0.196 e. The van der Waals surface area contributed by atoms with Gasteiger partial charge in [-0.15, -0.1) is 0 Å². The van der Waals surface area contributed by atoms with Crippen LogP contribution in [-0.2, 0) is 5.41 Å². The summed E-state index contributed by atoms with van der Waals surface area (Å²) in [6.45, 7) is 6.87. The van der Waals surface area contributed by atoms with Crippen molar-refractivity contribution in [1.82, 2.24) is 0 Å². The summed E-state index contributed by atoms with van der Waals surface area (Å²) >= 11 is 0. The molecule has 144 valence electrons. The van der Waals surface area contributed by atoms with Crippen LogP contribution in [-0.4, -0.2) is 17.6 Å². The highest BCUT2D eigenvalue weighted by molar-refractivity contribution is 6.31. The third kappa shape index (κ3) is 2.17. The Morgan fingerprint density at radius 2 is 1.71 bits per heavy atom. The lowest BCUT2D eigenvalue weighted by Crippen LogP contribution is -2.49. The van der Waals surface area contributed by atoms with Gasteiger partial charge in [0.05, 0.1) is 16.8 Å². The summed E-state index contributed by atoms with van der Waals surface area (Å²) in [6.07, 6.45) is 3.54. The van der Waals surface area contributed by atoms with Crippen LogP contribution in [0.5, 0.6) is 0 Å². The molecule has 0 saturated heterocycles. The number of ketones is 2. The number of fused-ring (bicyclic) bond motifs is 5. The summed E-state index contributed by atoms with van der Waals surface area (Å²) in [6, 6.07) is 9.36. The first-order valence-electron chi connectivity index (χ1n) is 10.2. The second-order valence-electron chi connectivity index (χ2n) is 9.34. The van der Waals surface area contributed by atoms with Gasteiger partial charge in [0.15, 0.2) is 11.6 Å². The SMILES string of the molecule is CC1CCC2C(C1)Nc1c(ccc3c1C(=O)c1cccc(N)c1C3=O)C2(C)C. The highest BCUT2D eigenvalue weighted by Gasteiger charge is 2.47. The van der Waals surface area contributed by atoms with Crippen LogP contribution >= 0.6 is 0 Å². The Morgan fingerprint density at radius 1 is 1.00 bits per heavy atom. The Balaban J connectivity index is 1.73. The molecule has 28 heavy (non-hydrogen) atoms. The van der Waals surface area contributed by atoms with Crippen LogP contribution < -0.4 is 11.1 Å². The summed E-state index contributed by atoms with van der Waals surface area (Å²) < 4.78 is 0. The molecule has 2 aromatic carbocycles. The monoisotopic (exact) mass is 374 g/mol. The standard InChI is InChI=1S/C24H26N2O2/c1-12-7-9-15-18(11-12)26-21-16(24(15,2)3)10-8-14-20(21)23(28)13-5-4-6-17(25)19(13)22(14)27/h4-6,8,10,12,15,18,26H,7,9,11,25H2,1-3H3. The van der Waals surface area contributed by atoms with Gasteiger partial charge in [0.2, 0.25) is 0 Å². The molecule has 1 aliphatic heterocycles. The van der Waals surface area contributed by atoms with E-state index < -0.39 is 0 Å². The first-order valence-corrected chi connectivity index (χ1v) is 10.2. The van der Waals surface area contributed by atoms with E-state index in [-0.39, 0.29) is 17.0 Å². The number of rotatable bonds is 0. The molecule has 2 aromatic rings. The number of carbonyl (C=O) groups is 2. The normalized spacial score (nSPS) is 27.2. The van der Waals surface area contributed by atoms with Crippen molar-refractivity contribution >= 4 is 22.9 Å². The molecule has 4 heteroatoms. The summed E-state index contributed by atoms with van der Waals surface area (Å²) in [5.74, 6) is 0.957. The van der Waals surface area contributed by atoms with Gasteiger partial charge in [-0.1, -0.05) is 45.4 Å². The zero-order valence-corrected chi connectivity index (χ0v) is 16.6. The highest BCUT2D eigenvalue weighted by Crippen LogP contribution is 2.51. The Bertz CT molecular complexity index is 1040. The quantitative estimate of drug-likeness (QED) is 0.566. The third-order valence-corrected chi connectivity index (χ3v) is 7.31. The number of nitrogen functional groups attached to an aromatic ring is 1. The minimum atomic E-state index is -0.149. The number of hydrogen-bond donors (Lipinski definition) is 2. The van der Waals surface area contributed by atoms with E-state index in [1.165, 1.54) is 12.8 Å². The molecule has 3 N–H and O–H groups in total. The summed E-state index contributed by atoms with van der Waals surface area (Å²) in [4.78, 5) is 26.7. The van der Waals surface area contributed by atoms with E-state index in [1.807, 2.05) is 12.1 Å². The molecule has 0 amide bonds. The van der Waals surface area contributed by atoms with E-state index in [2.05, 4.69) is 26.1 Å². The number of benzene rings is 2. The van der Waals surface area contributed by atoms with Crippen LogP contribution in [0.3, 0.4) is 0 Å². The van der Waals surface area contributed by atoms with E-state index in [1.54, 1.807) is 18.2 Å². The van der Waals surface area contributed by atoms with Crippen LogP contribution in [0.2, 0.25) is 0 Å². The highest BCUT2D eigenvalue weighted by atomic mass is 16.1. The van der Waals surface area contributed by atoms with E-state index in [4.69, 9.17) is 5.73 Å². The maximum absolute atomic E-state index is 13.5. The van der Waals surface area contributed by atoms with Gasteiger partial charge in [0, 0.05) is 22.9 Å². The van der Waals surface area contributed by atoms with E-state index in [0.29, 0.717) is 45.8 Å². The van der Waals surface area contributed by atoms with Crippen molar-refractivity contribution < 1.29 is 9.59 Å². The Kier molecular flexibility index (Phi) is 3.55. The number of hydrogen-bond acceptors (Lipinski definition) is 4. The molecule has 1 fully saturated rings. The van der Waals surface area contributed by atoms with Crippen LogP contribution in [0, 0.1) is 11.8 Å². The first kappa shape index (κ1) is 17.5. The minimum absolute atomic E-state index is 0.0419. The second-order valence-corrected chi connectivity index (χ2v) is 9.34. The molecule has 1 saturated carbocycles. The van der Waals surface area contributed by atoms with Gasteiger partial charge in [0.25, 0.3) is 0 Å². The van der Waals surface area contributed by atoms with Crippen molar-refractivity contribution in [2.75, 3.05) is 11.1 Å². The average molecular weight is 374 g/mol. The molecule has 2 aliphatic carbocycles. The van der Waals surface area contributed by atoms with Crippen LogP contribution in [0.25, 0.3) is 0 Å². The lowest BCUT2D eigenvalue weighted by atomic mass is 9.60. The maximum atomic E-state index is 13.5. The molecule has 4 nitrogen and oxygen atoms in total. The van der Waals surface area contributed by atoms with Crippen molar-refractivity contribution in [1.29, 1.82) is 0 Å². The molecular weight excluding hydrogens is 348 g/mol. The topological polar surface area (TPSA) is 72.2 Å². The fraction of sp³-hybridized carbons (Fsp3) is 0.417. The van der Waals surface area contributed by atoms with Gasteiger partial charge in [-0.3, -0.25) is 9.59 Å². The Hall–Kier alpha value is -2.62. The predicted molar refractivity (Wildman–Crippen MR) is 111 cm³/mol. The van der Waals surface area contributed by atoms with E-state index in [9.17, 15) is 9.59 Å². The van der Waals surface area contributed by atoms with Gasteiger partial charge in [0.1, 0.15) is 0 Å². The number of nitrogens with one attached hydrogen (secondary N) is 1. The molecular formula is C24H26N2O2. The third-order valence-electron chi connectivity index (χ3n) is 7.31. The van der Waals surface area contributed by atoms with E-state index in [0.717, 1.165) is 17.7 Å². The number of nitrogens with two attached hydrogens (primary N) is 1. The van der Waals surface area contributed by atoms with Gasteiger partial charge in [-0.25, -0.2) is 0 Å². The molecule has 1 heterocycles. The molecule has 0 spiro atoms. The lowest BCUT2D eigenvalue weighted by molar-refractivity contribution is 0.0979. The second kappa shape index (κ2) is 5.69. The zero-order valence-electron chi connectivity index (χ0n) is 16.6. The van der Waals surface area contributed by atoms with Crippen molar-refractivity contribution in [3.63, 3.8) is 0 Å². The molecule has 3 aliphatic rings. The molecule has 3 atom stereocenters. The largest absolute Gasteiger partial charge is 0.398 e. The molecule has 3 unspecified atom stereocenters. The average Bonchev–Trinajstić information content (AvgIpc) is 2.65. The minimum Gasteiger partial charge on any atom is -0.398 e. The van der Waals surface area contributed by atoms with Crippen LogP contribution in [0.15, 0.2) is 30.3 Å². The summed E-state index contributed by atoms with van der Waals surface area (Å²) in [7, 11) is 0. The molecule has 0 radical (unpaired) electrons. The predicted octanol–water partition coefficient (Wildman–Crippen LogP) is 4.55. The summed E-state index contributed by atoms with van der Waals surface area (Å²) in [5, 5.41) is 3.71.